The van der Waals surface area contributed by atoms with Crippen LogP contribution in [0.4, 0.5) is 5.69 Å². The van der Waals surface area contributed by atoms with Crippen LogP contribution in [0.1, 0.15) is 45.6 Å². The molecule has 0 saturated heterocycles. The lowest BCUT2D eigenvalue weighted by atomic mass is 10.1. The fraction of sp³-hybridized carbons (Fsp3) is 0.462. The number of amides is 2. The van der Waals surface area contributed by atoms with Crippen LogP contribution in [0.5, 0.6) is 5.75 Å². The van der Waals surface area contributed by atoms with Crippen molar-refractivity contribution in [3.63, 3.8) is 0 Å². The second-order valence-electron chi connectivity index (χ2n) is 8.78. The number of hydrogen-bond donors (Lipinski definition) is 1. The normalized spacial score (nSPS) is 12.9. The first kappa shape index (κ1) is 29.5. The zero-order chi connectivity index (χ0) is 26.9. The SMILES string of the molecule is CC[C@H](C)NC(=O)[C@@H](C)N(Cc1ccc(OC)cc1)C(=O)CCCN(c1cccc(Cl)c1)S(C)(=O)=O. The van der Waals surface area contributed by atoms with Gasteiger partial charge in [-0.2, -0.15) is 0 Å². The van der Waals surface area contributed by atoms with Crippen LogP contribution >= 0.6 is 11.6 Å². The van der Waals surface area contributed by atoms with Gasteiger partial charge in [0.15, 0.2) is 0 Å². The lowest BCUT2D eigenvalue weighted by Crippen LogP contribution is -2.49. The van der Waals surface area contributed by atoms with E-state index in [2.05, 4.69) is 5.32 Å². The van der Waals surface area contributed by atoms with Gasteiger partial charge < -0.3 is 15.0 Å². The van der Waals surface area contributed by atoms with Gasteiger partial charge >= 0.3 is 0 Å². The van der Waals surface area contributed by atoms with E-state index in [0.717, 1.165) is 18.2 Å². The largest absolute Gasteiger partial charge is 0.497 e. The Hall–Kier alpha value is -2.78. The highest BCUT2D eigenvalue weighted by atomic mass is 35.5. The molecule has 0 aromatic heterocycles. The molecule has 0 aliphatic rings. The third-order valence-corrected chi connectivity index (χ3v) is 7.36. The molecule has 0 radical (unpaired) electrons. The number of carbonyl (C=O) groups excluding carboxylic acids is 2. The summed E-state index contributed by atoms with van der Waals surface area (Å²) in [7, 11) is -2.00. The minimum Gasteiger partial charge on any atom is -0.497 e. The topological polar surface area (TPSA) is 96.0 Å². The molecule has 36 heavy (non-hydrogen) atoms. The van der Waals surface area contributed by atoms with Gasteiger partial charge in [-0.1, -0.05) is 36.7 Å². The highest BCUT2D eigenvalue weighted by Gasteiger charge is 2.27. The third-order valence-electron chi connectivity index (χ3n) is 5.93. The molecule has 0 aliphatic carbocycles. The average molecular weight is 538 g/mol. The molecule has 0 aliphatic heterocycles. The minimum atomic E-state index is -3.58. The Morgan fingerprint density at radius 3 is 2.33 bits per heavy atom. The van der Waals surface area contributed by atoms with Gasteiger partial charge in [0, 0.05) is 30.6 Å². The van der Waals surface area contributed by atoms with Gasteiger partial charge in [-0.25, -0.2) is 8.42 Å². The van der Waals surface area contributed by atoms with E-state index in [4.69, 9.17) is 16.3 Å². The Kier molecular flexibility index (Phi) is 11.0. The van der Waals surface area contributed by atoms with E-state index in [-0.39, 0.29) is 43.8 Å². The van der Waals surface area contributed by atoms with E-state index < -0.39 is 16.1 Å². The van der Waals surface area contributed by atoms with Crippen LogP contribution in [0.25, 0.3) is 0 Å². The number of anilines is 1. The molecule has 1 N–H and O–H groups in total. The molecule has 0 heterocycles. The van der Waals surface area contributed by atoms with E-state index in [1.54, 1.807) is 50.4 Å². The second kappa shape index (κ2) is 13.5. The Bertz CT molecular complexity index is 1120. The lowest BCUT2D eigenvalue weighted by molar-refractivity contribution is -0.140. The minimum absolute atomic E-state index is 0.0149. The molecular weight excluding hydrogens is 502 g/mol. The Labute approximate surface area is 219 Å². The van der Waals surface area contributed by atoms with Gasteiger partial charge in [0.05, 0.1) is 19.1 Å². The van der Waals surface area contributed by atoms with Crippen molar-refractivity contribution in [3.8, 4) is 5.75 Å². The number of rotatable bonds is 13. The molecule has 0 fully saturated rings. The highest BCUT2D eigenvalue weighted by molar-refractivity contribution is 7.92. The van der Waals surface area contributed by atoms with Crippen molar-refractivity contribution in [2.75, 3.05) is 24.2 Å². The van der Waals surface area contributed by atoms with E-state index in [1.807, 2.05) is 26.0 Å². The molecule has 2 amide bonds. The molecule has 2 atom stereocenters. The maximum atomic E-state index is 13.3. The number of ether oxygens (including phenoxy) is 1. The van der Waals surface area contributed by atoms with Crippen molar-refractivity contribution in [1.29, 1.82) is 0 Å². The number of nitrogens with one attached hydrogen (secondary N) is 1. The van der Waals surface area contributed by atoms with Crippen molar-refractivity contribution >= 4 is 39.1 Å². The first-order valence-corrected chi connectivity index (χ1v) is 14.1. The van der Waals surface area contributed by atoms with Crippen LogP contribution in [0, 0.1) is 0 Å². The molecule has 10 heteroatoms. The van der Waals surface area contributed by atoms with Gasteiger partial charge in [0.25, 0.3) is 0 Å². The van der Waals surface area contributed by atoms with Crippen molar-refractivity contribution in [1.82, 2.24) is 10.2 Å². The van der Waals surface area contributed by atoms with Gasteiger partial charge in [-0.05, 0) is 62.6 Å². The summed E-state index contributed by atoms with van der Waals surface area (Å²) < 4.78 is 31.2. The van der Waals surface area contributed by atoms with Crippen LogP contribution in [0.15, 0.2) is 48.5 Å². The number of sulfonamides is 1. The molecule has 8 nitrogen and oxygen atoms in total. The van der Waals surface area contributed by atoms with Gasteiger partial charge in [0.2, 0.25) is 21.8 Å². The molecule has 2 aromatic rings. The van der Waals surface area contributed by atoms with E-state index >= 15 is 0 Å². The molecule has 2 rings (SSSR count). The van der Waals surface area contributed by atoms with E-state index in [0.29, 0.717) is 16.5 Å². The molecule has 0 bridgehead atoms. The van der Waals surface area contributed by atoms with Gasteiger partial charge in [0.1, 0.15) is 11.8 Å². The number of carbonyl (C=O) groups is 2. The molecule has 0 unspecified atom stereocenters. The number of methoxy groups -OCH3 is 1. The highest BCUT2D eigenvalue weighted by Crippen LogP contribution is 2.23. The molecule has 0 spiro atoms. The van der Waals surface area contributed by atoms with Crippen LogP contribution in [0.3, 0.4) is 0 Å². The zero-order valence-corrected chi connectivity index (χ0v) is 23.1. The number of benzene rings is 2. The predicted octanol–water partition coefficient (Wildman–Crippen LogP) is 4.23. The first-order chi connectivity index (χ1) is 17.0. The third kappa shape index (κ3) is 8.71. The monoisotopic (exact) mass is 537 g/mol. The summed E-state index contributed by atoms with van der Waals surface area (Å²) >= 11 is 6.04. The van der Waals surface area contributed by atoms with Crippen LogP contribution in [-0.2, 0) is 26.2 Å². The summed E-state index contributed by atoms with van der Waals surface area (Å²) in [5, 5.41) is 3.36. The van der Waals surface area contributed by atoms with Gasteiger partial charge in [-0.15, -0.1) is 0 Å². The van der Waals surface area contributed by atoms with Crippen molar-refractivity contribution in [2.24, 2.45) is 0 Å². The van der Waals surface area contributed by atoms with Crippen molar-refractivity contribution < 1.29 is 22.7 Å². The summed E-state index contributed by atoms with van der Waals surface area (Å²) in [4.78, 5) is 27.7. The lowest BCUT2D eigenvalue weighted by Gasteiger charge is -2.30. The van der Waals surface area contributed by atoms with Crippen molar-refractivity contribution in [3.05, 3.63) is 59.1 Å². The summed E-state index contributed by atoms with van der Waals surface area (Å²) in [6.45, 7) is 5.93. The summed E-state index contributed by atoms with van der Waals surface area (Å²) in [5.41, 5.74) is 1.29. The Balaban J connectivity index is 2.18. The summed E-state index contributed by atoms with van der Waals surface area (Å²) in [6.07, 6.45) is 2.24. The fourth-order valence-electron chi connectivity index (χ4n) is 3.61. The van der Waals surface area contributed by atoms with Crippen molar-refractivity contribution in [2.45, 2.75) is 58.7 Å². The van der Waals surface area contributed by atoms with Gasteiger partial charge in [-0.3, -0.25) is 13.9 Å². The maximum absolute atomic E-state index is 13.3. The summed E-state index contributed by atoms with van der Waals surface area (Å²) in [5.74, 6) is 0.223. The quantitative estimate of drug-likeness (QED) is 0.412. The standard InChI is InChI=1S/C26H36ClN3O5S/c1-6-19(2)28-26(32)20(3)29(18-21-12-14-24(35-4)15-13-21)25(31)11-8-16-30(36(5,33)34)23-10-7-9-22(27)17-23/h7,9-10,12-15,17,19-20H,6,8,11,16,18H2,1-5H3,(H,28,32)/t19-,20+/m0/s1. The predicted molar refractivity (Wildman–Crippen MR) is 144 cm³/mol. The van der Waals surface area contributed by atoms with Crippen LogP contribution in [0.2, 0.25) is 5.02 Å². The fourth-order valence-corrected chi connectivity index (χ4v) is 4.75. The van der Waals surface area contributed by atoms with Crippen LogP contribution < -0.4 is 14.4 Å². The molecule has 198 valence electrons. The van der Waals surface area contributed by atoms with Crippen LogP contribution in [-0.4, -0.2) is 57.1 Å². The first-order valence-electron chi connectivity index (χ1n) is 11.9. The number of nitrogens with zero attached hydrogens (tertiary/aromatic N) is 2. The summed E-state index contributed by atoms with van der Waals surface area (Å²) in [6, 6.07) is 13.2. The zero-order valence-electron chi connectivity index (χ0n) is 21.5. The number of hydrogen-bond acceptors (Lipinski definition) is 5. The Morgan fingerprint density at radius 1 is 1.11 bits per heavy atom. The molecule has 0 saturated carbocycles. The van der Waals surface area contributed by atoms with E-state index in [1.165, 1.54) is 9.21 Å². The molecule has 2 aromatic carbocycles. The smallest absolute Gasteiger partial charge is 0.242 e. The number of halogens is 1. The average Bonchev–Trinajstić information content (AvgIpc) is 2.84. The Morgan fingerprint density at radius 2 is 1.78 bits per heavy atom. The molecular formula is C26H36ClN3O5S. The maximum Gasteiger partial charge on any atom is 0.242 e. The second-order valence-corrected chi connectivity index (χ2v) is 11.1. The van der Waals surface area contributed by atoms with E-state index in [9.17, 15) is 18.0 Å².